The topological polar surface area (TPSA) is 52.6 Å². The smallest absolute Gasteiger partial charge is 0.311 e. The predicted octanol–water partition coefficient (Wildman–Crippen LogP) is 6.23. The number of ether oxygens (including phenoxy) is 2. The zero-order valence-electron chi connectivity index (χ0n) is 13.1. The summed E-state index contributed by atoms with van der Waals surface area (Å²) in [7, 11) is 0. The van der Waals surface area contributed by atoms with Crippen LogP contribution in [-0.2, 0) is 14.3 Å². The minimum Gasteiger partial charge on any atom is -0.462 e. The van der Waals surface area contributed by atoms with Gasteiger partial charge in [0.25, 0.3) is 0 Å². The highest BCUT2D eigenvalue weighted by Gasteiger charge is 2.23. The first-order valence-corrected chi connectivity index (χ1v) is 8.86. The Hall–Kier alpha value is -0.390. The Labute approximate surface area is 165 Å². The lowest BCUT2D eigenvalue weighted by atomic mass is 10.1. The molecular formula is C15H15Cl5O4. The van der Waals surface area contributed by atoms with E-state index in [1.807, 2.05) is 13.8 Å². The van der Waals surface area contributed by atoms with Crippen LogP contribution >= 0.6 is 58.0 Å². The molecule has 0 N–H and O–H groups in total. The van der Waals surface area contributed by atoms with Gasteiger partial charge in [0.2, 0.25) is 0 Å². The van der Waals surface area contributed by atoms with Gasteiger partial charge in [-0.1, -0.05) is 71.9 Å². The Bertz CT molecular complexity index is 616. The quantitative estimate of drug-likeness (QED) is 0.230. The summed E-state index contributed by atoms with van der Waals surface area (Å²) in [5, 5.41) is -0.485. The molecule has 0 spiro atoms. The third kappa shape index (κ3) is 5.57. The van der Waals surface area contributed by atoms with Crippen molar-refractivity contribution in [3.63, 3.8) is 0 Å². The summed E-state index contributed by atoms with van der Waals surface area (Å²) in [6.07, 6.45) is -0.597. The number of halogens is 5. The van der Waals surface area contributed by atoms with Crippen LogP contribution in [0.25, 0.3) is 0 Å². The maximum atomic E-state index is 11.9. The number of rotatable bonds is 6. The van der Waals surface area contributed by atoms with Gasteiger partial charge in [0.1, 0.15) is 16.1 Å². The molecule has 0 bridgehead atoms. The van der Waals surface area contributed by atoms with Crippen molar-refractivity contribution in [2.45, 2.75) is 39.7 Å². The molecule has 0 aromatic heterocycles. The van der Waals surface area contributed by atoms with Crippen molar-refractivity contribution in [3.05, 3.63) is 25.1 Å². The van der Waals surface area contributed by atoms with E-state index in [2.05, 4.69) is 0 Å². The van der Waals surface area contributed by atoms with E-state index in [0.29, 0.717) is 0 Å². The first-order chi connectivity index (χ1) is 11.1. The molecule has 0 aliphatic carbocycles. The van der Waals surface area contributed by atoms with E-state index >= 15 is 0 Å². The summed E-state index contributed by atoms with van der Waals surface area (Å²) >= 11 is 29.5. The van der Waals surface area contributed by atoms with Crippen LogP contribution in [0.1, 0.15) is 33.6 Å². The first kappa shape index (κ1) is 21.7. The predicted molar refractivity (Wildman–Crippen MR) is 96.8 cm³/mol. The summed E-state index contributed by atoms with van der Waals surface area (Å²) < 4.78 is 10.2. The van der Waals surface area contributed by atoms with E-state index in [9.17, 15) is 9.59 Å². The molecule has 0 fully saturated rings. The molecule has 1 rings (SSSR count). The summed E-state index contributed by atoms with van der Waals surface area (Å²) in [5.41, 5.74) is 0. The lowest BCUT2D eigenvalue weighted by Crippen LogP contribution is -2.21. The fraction of sp³-hybridized carbons (Fsp3) is 0.467. The average Bonchev–Trinajstić information content (AvgIpc) is 2.53. The minimum absolute atomic E-state index is 0.0422. The number of carbonyl (C=O) groups excluding carboxylic acids is 2. The van der Waals surface area contributed by atoms with Gasteiger partial charge >= 0.3 is 11.9 Å². The lowest BCUT2D eigenvalue weighted by molar-refractivity contribution is -0.152. The molecule has 24 heavy (non-hydrogen) atoms. The van der Waals surface area contributed by atoms with Gasteiger partial charge in [-0.25, -0.2) is 0 Å². The van der Waals surface area contributed by atoms with Crippen molar-refractivity contribution in [2.75, 3.05) is 0 Å². The van der Waals surface area contributed by atoms with Crippen LogP contribution in [0.3, 0.4) is 0 Å². The van der Waals surface area contributed by atoms with E-state index < -0.39 is 11.9 Å². The molecule has 1 aromatic rings. The fourth-order valence-corrected chi connectivity index (χ4v) is 2.64. The maximum Gasteiger partial charge on any atom is 0.311 e. The molecule has 0 saturated heterocycles. The second kappa shape index (κ2) is 9.35. The molecule has 134 valence electrons. The molecule has 1 unspecified atom stereocenters. The highest BCUT2D eigenvalue weighted by Crippen LogP contribution is 2.48. The Morgan fingerprint density at radius 2 is 1.21 bits per heavy atom. The summed E-state index contributed by atoms with van der Waals surface area (Å²) in [4.78, 5) is 23.5. The molecular weight excluding hydrogens is 421 g/mol. The SMILES string of the molecule is CC(C)C(C)OC(=O)CCC(=O)Oc1c(Cl)c(Cl)c(Cl)c(Cl)c1Cl. The van der Waals surface area contributed by atoms with Gasteiger partial charge in [0.05, 0.1) is 27.9 Å². The monoisotopic (exact) mass is 434 g/mol. The van der Waals surface area contributed by atoms with Crippen molar-refractivity contribution in [2.24, 2.45) is 5.92 Å². The van der Waals surface area contributed by atoms with Crippen molar-refractivity contribution in [3.8, 4) is 5.75 Å². The molecule has 0 amide bonds. The maximum absolute atomic E-state index is 11.9. The normalized spacial score (nSPS) is 12.2. The second-order valence-corrected chi connectivity index (χ2v) is 7.20. The van der Waals surface area contributed by atoms with Crippen molar-refractivity contribution in [1.82, 2.24) is 0 Å². The molecule has 0 heterocycles. The van der Waals surface area contributed by atoms with Gasteiger partial charge in [-0.3, -0.25) is 9.59 Å². The third-order valence-electron chi connectivity index (χ3n) is 3.17. The van der Waals surface area contributed by atoms with Crippen LogP contribution in [0.2, 0.25) is 25.1 Å². The summed E-state index contributed by atoms with van der Waals surface area (Å²) in [5.74, 6) is -1.26. The van der Waals surface area contributed by atoms with E-state index in [1.54, 1.807) is 6.92 Å². The summed E-state index contributed by atoms with van der Waals surface area (Å²) in [6, 6.07) is 0. The molecule has 4 nitrogen and oxygen atoms in total. The van der Waals surface area contributed by atoms with Crippen LogP contribution in [0, 0.1) is 5.92 Å². The molecule has 0 aliphatic heterocycles. The highest BCUT2D eigenvalue weighted by molar-refractivity contribution is 6.55. The Morgan fingerprint density at radius 1 is 0.792 bits per heavy atom. The van der Waals surface area contributed by atoms with Crippen LogP contribution in [0.15, 0.2) is 0 Å². The zero-order valence-corrected chi connectivity index (χ0v) is 16.9. The average molecular weight is 437 g/mol. The zero-order chi connectivity index (χ0) is 18.6. The van der Waals surface area contributed by atoms with Gasteiger partial charge in [-0.05, 0) is 12.8 Å². The van der Waals surface area contributed by atoms with Gasteiger partial charge in [0.15, 0.2) is 5.75 Å². The molecule has 9 heteroatoms. The number of carbonyl (C=O) groups is 2. The number of benzene rings is 1. The van der Waals surface area contributed by atoms with Gasteiger partial charge in [-0.2, -0.15) is 0 Å². The Morgan fingerprint density at radius 3 is 1.67 bits per heavy atom. The van der Waals surface area contributed by atoms with Crippen LogP contribution in [0.5, 0.6) is 5.75 Å². The number of hydrogen-bond donors (Lipinski definition) is 0. The van der Waals surface area contributed by atoms with Crippen molar-refractivity contribution in [1.29, 1.82) is 0 Å². The molecule has 1 aromatic carbocycles. The third-order valence-corrected chi connectivity index (χ3v) is 5.42. The largest absolute Gasteiger partial charge is 0.462 e. The van der Waals surface area contributed by atoms with E-state index in [1.165, 1.54) is 0 Å². The Kier molecular flexibility index (Phi) is 8.43. The van der Waals surface area contributed by atoms with E-state index in [-0.39, 0.29) is 55.7 Å². The van der Waals surface area contributed by atoms with E-state index in [0.717, 1.165) is 0 Å². The molecule has 0 aliphatic rings. The lowest BCUT2D eigenvalue weighted by Gasteiger charge is -2.16. The van der Waals surface area contributed by atoms with Crippen LogP contribution < -0.4 is 4.74 Å². The van der Waals surface area contributed by atoms with Crippen molar-refractivity contribution < 1.29 is 19.1 Å². The standard InChI is InChI=1S/C15H15Cl5O4/c1-6(2)7(3)23-8(21)4-5-9(22)24-15-13(19)11(17)10(16)12(18)14(15)20/h6-7H,4-5H2,1-3H3. The van der Waals surface area contributed by atoms with Crippen LogP contribution in [-0.4, -0.2) is 18.0 Å². The molecule has 0 saturated carbocycles. The molecule has 0 radical (unpaired) electrons. The number of hydrogen-bond acceptors (Lipinski definition) is 4. The fourth-order valence-electron chi connectivity index (χ4n) is 1.45. The number of esters is 2. The van der Waals surface area contributed by atoms with Gasteiger partial charge in [0, 0.05) is 0 Å². The second-order valence-electron chi connectivity index (χ2n) is 5.31. The summed E-state index contributed by atoms with van der Waals surface area (Å²) in [6.45, 7) is 5.62. The van der Waals surface area contributed by atoms with Crippen LogP contribution in [0.4, 0.5) is 0 Å². The molecule has 1 atom stereocenters. The highest BCUT2D eigenvalue weighted by atomic mass is 35.5. The van der Waals surface area contributed by atoms with E-state index in [4.69, 9.17) is 67.5 Å². The minimum atomic E-state index is -0.734. The Balaban J connectivity index is 2.72. The van der Waals surface area contributed by atoms with Gasteiger partial charge < -0.3 is 9.47 Å². The van der Waals surface area contributed by atoms with Gasteiger partial charge in [-0.15, -0.1) is 0 Å². The van der Waals surface area contributed by atoms with Crippen molar-refractivity contribution >= 4 is 69.9 Å². The first-order valence-electron chi connectivity index (χ1n) is 6.97.